The van der Waals surface area contributed by atoms with Crippen molar-refractivity contribution in [1.29, 1.82) is 0 Å². The molecular formula is C15H25F. The van der Waals surface area contributed by atoms with E-state index in [4.69, 9.17) is 0 Å². The maximum Gasteiger partial charge on any atom is 0.108 e. The van der Waals surface area contributed by atoms with Crippen LogP contribution in [0.25, 0.3) is 0 Å². The average Bonchev–Trinajstić information content (AvgIpc) is 2.17. The van der Waals surface area contributed by atoms with Crippen LogP contribution < -0.4 is 0 Å². The van der Waals surface area contributed by atoms with Gasteiger partial charge in [-0.05, 0) is 46.0 Å². The highest BCUT2D eigenvalue weighted by Crippen LogP contribution is 2.13. The molecular weight excluding hydrogens is 199 g/mol. The summed E-state index contributed by atoms with van der Waals surface area (Å²) in [4.78, 5) is 0. The van der Waals surface area contributed by atoms with Crippen molar-refractivity contribution in [1.82, 2.24) is 0 Å². The Balaban J connectivity index is 3.76. The van der Waals surface area contributed by atoms with Crippen molar-refractivity contribution in [2.45, 2.75) is 47.0 Å². The monoisotopic (exact) mass is 224 g/mol. The summed E-state index contributed by atoms with van der Waals surface area (Å²) in [5.74, 6) is 0.699. The van der Waals surface area contributed by atoms with Gasteiger partial charge in [0.05, 0.1) is 0 Å². The van der Waals surface area contributed by atoms with Crippen molar-refractivity contribution in [2.24, 2.45) is 5.92 Å². The lowest BCUT2D eigenvalue weighted by atomic mass is 10.0. The molecule has 0 radical (unpaired) electrons. The average molecular weight is 224 g/mol. The van der Waals surface area contributed by atoms with E-state index in [2.05, 4.69) is 32.9 Å². The maximum atomic E-state index is 12.0. The molecule has 0 aromatic carbocycles. The van der Waals surface area contributed by atoms with E-state index in [1.54, 1.807) is 6.08 Å². The van der Waals surface area contributed by atoms with E-state index < -0.39 is 0 Å². The van der Waals surface area contributed by atoms with E-state index in [0.717, 1.165) is 18.4 Å². The Labute approximate surface area is 99.9 Å². The zero-order valence-electron chi connectivity index (χ0n) is 11.1. The van der Waals surface area contributed by atoms with Gasteiger partial charge in [-0.3, -0.25) is 0 Å². The topological polar surface area (TPSA) is 0 Å². The summed E-state index contributed by atoms with van der Waals surface area (Å²) in [6.45, 7) is 8.10. The predicted molar refractivity (Wildman–Crippen MR) is 71.3 cm³/mol. The van der Waals surface area contributed by atoms with Crippen LogP contribution >= 0.6 is 0 Å². The summed E-state index contributed by atoms with van der Waals surface area (Å²) >= 11 is 0. The van der Waals surface area contributed by atoms with Crippen molar-refractivity contribution < 1.29 is 4.39 Å². The van der Waals surface area contributed by atoms with Crippen LogP contribution in [0.5, 0.6) is 0 Å². The van der Waals surface area contributed by atoms with Crippen molar-refractivity contribution in [3.63, 3.8) is 0 Å². The van der Waals surface area contributed by atoms with Gasteiger partial charge in [-0.25, -0.2) is 4.39 Å². The number of rotatable bonds is 7. The number of hydrogen-bond donors (Lipinski definition) is 0. The molecule has 0 aromatic rings. The van der Waals surface area contributed by atoms with Gasteiger partial charge in [-0.2, -0.15) is 0 Å². The molecule has 0 spiro atoms. The van der Waals surface area contributed by atoms with Crippen LogP contribution in [0.4, 0.5) is 4.39 Å². The van der Waals surface area contributed by atoms with E-state index in [1.165, 1.54) is 12.0 Å². The summed E-state index contributed by atoms with van der Waals surface area (Å²) in [5, 5.41) is 0. The lowest BCUT2D eigenvalue weighted by Gasteiger charge is -2.06. The number of halogens is 1. The van der Waals surface area contributed by atoms with Gasteiger partial charge in [0.2, 0.25) is 0 Å². The minimum absolute atomic E-state index is 0.369. The van der Waals surface area contributed by atoms with Gasteiger partial charge in [0.15, 0.2) is 0 Å². The first-order valence-electron chi connectivity index (χ1n) is 6.09. The minimum Gasteiger partial charge on any atom is -0.247 e. The van der Waals surface area contributed by atoms with Crippen molar-refractivity contribution in [3.05, 3.63) is 35.5 Å². The molecule has 0 saturated carbocycles. The van der Waals surface area contributed by atoms with Crippen molar-refractivity contribution >= 4 is 0 Å². The molecule has 0 aliphatic rings. The van der Waals surface area contributed by atoms with Crippen LogP contribution in [0.2, 0.25) is 0 Å². The largest absolute Gasteiger partial charge is 0.247 e. The molecule has 0 bridgehead atoms. The SMILES string of the molecule is CC(C)=CCCC(C)CC=CC(C)=CCF. The van der Waals surface area contributed by atoms with Crippen LogP contribution in [0.15, 0.2) is 35.5 Å². The molecule has 0 fully saturated rings. The molecule has 0 aromatic heterocycles. The highest BCUT2D eigenvalue weighted by atomic mass is 19.1. The van der Waals surface area contributed by atoms with Gasteiger partial charge < -0.3 is 0 Å². The van der Waals surface area contributed by atoms with Crippen LogP contribution in [0.3, 0.4) is 0 Å². The number of allylic oxidation sites excluding steroid dienone is 6. The summed E-state index contributed by atoms with van der Waals surface area (Å²) in [5.41, 5.74) is 2.41. The first-order valence-corrected chi connectivity index (χ1v) is 6.09. The third kappa shape index (κ3) is 9.70. The third-order valence-electron chi connectivity index (χ3n) is 2.53. The van der Waals surface area contributed by atoms with Gasteiger partial charge in [0, 0.05) is 0 Å². The molecule has 0 rings (SSSR count). The van der Waals surface area contributed by atoms with E-state index in [9.17, 15) is 4.39 Å². The Kier molecular flexibility index (Phi) is 8.88. The molecule has 0 heterocycles. The quantitative estimate of drug-likeness (QED) is 0.410. The van der Waals surface area contributed by atoms with E-state index in [0.29, 0.717) is 5.92 Å². The highest BCUT2D eigenvalue weighted by Gasteiger charge is 1.97. The highest BCUT2D eigenvalue weighted by molar-refractivity contribution is 5.15. The van der Waals surface area contributed by atoms with Gasteiger partial charge in [-0.1, -0.05) is 42.4 Å². The predicted octanol–water partition coefficient (Wildman–Crippen LogP) is 5.23. The molecule has 92 valence electrons. The summed E-state index contributed by atoms with van der Waals surface area (Å²) < 4.78 is 12.0. The van der Waals surface area contributed by atoms with Crippen molar-refractivity contribution in [2.75, 3.05) is 6.67 Å². The summed E-state index contributed by atoms with van der Waals surface area (Å²) in [6.07, 6.45) is 11.5. The second kappa shape index (κ2) is 9.38. The van der Waals surface area contributed by atoms with E-state index in [1.807, 2.05) is 13.0 Å². The molecule has 1 atom stereocenters. The summed E-state index contributed by atoms with van der Waals surface area (Å²) in [6, 6.07) is 0. The second-order valence-electron chi connectivity index (χ2n) is 4.70. The lowest BCUT2D eigenvalue weighted by Crippen LogP contribution is -1.91. The fraction of sp³-hybridized carbons (Fsp3) is 0.600. The Hall–Kier alpha value is -0.850. The molecule has 0 aliphatic heterocycles. The lowest BCUT2D eigenvalue weighted by molar-refractivity contribution is 0.545. The molecule has 0 saturated heterocycles. The zero-order valence-corrected chi connectivity index (χ0v) is 11.1. The second-order valence-corrected chi connectivity index (χ2v) is 4.70. The molecule has 1 heteroatoms. The third-order valence-corrected chi connectivity index (χ3v) is 2.53. The van der Waals surface area contributed by atoms with Gasteiger partial charge in [0.25, 0.3) is 0 Å². The number of alkyl halides is 1. The van der Waals surface area contributed by atoms with E-state index in [-0.39, 0.29) is 6.67 Å². The van der Waals surface area contributed by atoms with Gasteiger partial charge in [-0.15, -0.1) is 0 Å². The van der Waals surface area contributed by atoms with Crippen molar-refractivity contribution in [3.8, 4) is 0 Å². The Morgan fingerprint density at radius 2 is 1.88 bits per heavy atom. The van der Waals surface area contributed by atoms with Gasteiger partial charge in [0.1, 0.15) is 6.67 Å². The van der Waals surface area contributed by atoms with Crippen LogP contribution in [-0.4, -0.2) is 6.67 Å². The van der Waals surface area contributed by atoms with E-state index >= 15 is 0 Å². The standard InChI is InChI=1S/C15H25F/c1-13(2)7-5-8-14(3)9-6-10-15(4)11-12-16/h6-7,10-11,14H,5,8-9,12H2,1-4H3. The Bertz CT molecular complexity index is 255. The molecule has 0 nitrogen and oxygen atoms in total. The fourth-order valence-corrected chi connectivity index (χ4v) is 1.45. The first-order chi connectivity index (χ1) is 7.56. The molecule has 1 unspecified atom stereocenters. The molecule has 0 amide bonds. The smallest absolute Gasteiger partial charge is 0.108 e. The molecule has 16 heavy (non-hydrogen) atoms. The van der Waals surface area contributed by atoms with Crippen LogP contribution in [0.1, 0.15) is 47.0 Å². The van der Waals surface area contributed by atoms with Crippen LogP contribution in [-0.2, 0) is 0 Å². The fourth-order valence-electron chi connectivity index (χ4n) is 1.45. The molecule has 0 N–H and O–H groups in total. The minimum atomic E-state index is -0.369. The normalized spacial score (nSPS) is 14.2. The Morgan fingerprint density at radius 1 is 1.19 bits per heavy atom. The van der Waals surface area contributed by atoms with Gasteiger partial charge >= 0.3 is 0 Å². The number of hydrogen-bond acceptors (Lipinski definition) is 0. The zero-order chi connectivity index (χ0) is 12.4. The van der Waals surface area contributed by atoms with Crippen LogP contribution in [0, 0.1) is 5.92 Å². The first kappa shape index (κ1) is 15.2. The molecule has 0 aliphatic carbocycles. The Morgan fingerprint density at radius 3 is 2.44 bits per heavy atom. The summed E-state index contributed by atoms with van der Waals surface area (Å²) in [7, 11) is 0. The maximum absolute atomic E-state index is 12.0.